The Morgan fingerprint density at radius 3 is 2.71 bits per heavy atom. The summed E-state index contributed by atoms with van der Waals surface area (Å²) in [5, 5.41) is 8.94. The molecule has 2 rings (SSSR count). The van der Waals surface area contributed by atoms with E-state index in [1.807, 2.05) is 19.1 Å². The normalized spacial score (nSPS) is 12.1. The molecule has 0 spiro atoms. The van der Waals surface area contributed by atoms with Gasteiger partial charge in [-0.1, -0.05) is 12.1 Å². The van der Waals surface area contributed by atoms with Gasteiger partial charge in [0.1, 0.15) is 6.33 Å². The smallest absolute Gasteiger partial charge is 0.289 e. The molecule has 6 nitrogen and oxygen atoms in total. The van der Waals surface area contributed by atoms with Gasteiger partial charge in [-0.2, -0.15) is 5.10 Å². The van der Waals surface area contributed by atoms with Crippen LogP contribution in [-0.4, -0.2) is 21.1 Å². The van der Waals surface area contributed by atoms with E-state index < -0.39 is 0 Å². The number of nitrogens with one attached hydrogen (secondary N) is 2. The number of nitrogens with two attached hydrogens (primary N) is 1. The van der Waals surface area contributed by atoms with E-state index in [0.29, 0.717) is 5.69 Å². The largest absolute Gasteiger partial charge is 0.399 e. The minimum absolute atomic E-state index is 0.117. The highest BCUT2D eigenvalue weighted by molar-refractivity contribution is 5.90. The molecule has 1 heterocycles. The van der Waals surface area contributed by atoms with Crippen molar-refractivity contribution in [3.63, 3.8) is 0 Å². The molecule has 1 aromatic carbocycles. The number of hydrogen-bond donors (Lipinski definition) is 3. The Hall–Kier alpha value is -2.37. The minimum atomic E-state index is -0.285. The van der Waals surface area contributed by atoms with E-state index >= 15 is 0 Å². The van der Waals surface area contributed by atoms with Crippen molar-refractivity contribution in [2.24, 2.45) is 0 Å². The Bertz CT molecular complexity index is 491. The molecule has 0 fully saturated rings. The molecule has 0 radical (unpaired) electrons. The minimum Gasteiger partial charge on any atom is -0.399 e. The Morgan fingerprint density at radius 1 is 1.41 bits per heavy atom. The molecule has 6 heteroatoms. The van der Waals surface area contributed by atoms with Crippen LogP contribution >= 0.6 is 0 Å². The van der Waals surface area contributed by atoms with Crippen LogP contribution in [0.25, 0.3) is 0 Å². The maximum Gasteiger partial charge on any atom is 0.289 e. The van der Waals surface area contributed by atoms with Gasteiger partial charge in [-0.3, -0.25) is 9.89 Å². The van der Waals surface area contributed by atoms with E-state index in [-0.39, 0.29) is 17.8 Å². The molecule has 1 amide bonds. The van der Waals surface area contributed by atoms with E-state index in [4.69, 9.17) is 5.73 Å². The van der Waals surface area contributed by atoms with Gasteiger partial charge in [-0.25, -0.2) is 4.98 Å². The van der Waals surface area contributed by atoms with Crippen molar-refractivity contribution < 1.29 is 4.79 Å². The van der Waals surface area contributed by atoms with Crippen molar-refractivity contribution in [2.75, 3.05) is 5.73 Å². The molecule has 0 bridgehead atoms. The SMILES string of the molecule is CC(NC(=O)c1ncn[nH]1)c1ccc(N)cc1. The maximum absolute atomic E-state index is 11.7. The zero-order chi connectivity index (χ0) is 12.3. The molecule has 2 aromatic rings. The van der Waals surface area contributed by atoms with E-state index in [9.17, 15) is 4.79 Å². The summed E-state index contributed by atoms with van der Waals surface area (Å²) < 4.78 is 0. The molecule has 1 atom stereocenters. The number of H-pyrrole nitrogens is 1. The van der Waals surface area contributed by atoms with Crippen LogP contribution in [0.3, 0.4) is 0 Å². The zero-order valence-corrected chi connectivity index (χ0v) is 9.34. The molecular formula is C11H13N5O. The maximum atomic E-state index is 11.7. The Morgan fingerprint density at radius 2 is 2.12 bits per heavy atom. The van der Waals surface area contributed by atoms with Gasteiger partial charge in [0.15, 0.2) is 0 Å². The number of hydrogen-bond acceptors (Lipinski definition) is 4. The van der Waals surface area contributed by atoms with Crippen LogP contribution in [-0.2, 0) is 0 Å². The van der Waals surface area contributed by atoms with Crippen molar-refractivity contribution in [1.82, 2.24) is 20.5 Å². The van der Waals surface area contributed by atoms with Crippen LogP contribution in [0.5, 0.6) is 0 Å². The van der Waals surface area contributed by atoms with Gasteiger partial charge in [0.2, 0.25) is 5.82 Å². The first kappa shape index (κ1) is 11.1. The average molecular weight is 231 g/mol. The number of benzene rings is 1. The second kappa shape index (κ2) is 4.65. The quantitative estimate of drug-likeness (QED) is 0.683. The lowest BCUT2D eigenvalue weighted by molar-refractivity contribution is 0.0930. The summed E-state index contributed by atoms with van der Waals surface area (Å²) in [5.74, 6) is -0.0841. The monoisotopic (exact) mass is 231 g/mol. The summed E-state index contributed by atoms with van der Waals surface area (Å²) in [6.45, 7) is 1.89. The number of nitrogen functional groups attached to an aromatic ring is 1. The van der Waals surface area contributed by atoms with Crippen LogP contribution in [0.2, 0.25) is 0 Å². The fraction of sp³-hybridized carbons (Fsp3) is 0.182. The Balaban J connectivity index is 2.04. The van der Waals surface area contributed by atoms with Crippen LogP contribution in [0.1, 0.15) is 29.1 Å². The number of aromatic nitrogens is 3. The van der Waals surface area contributed by atoms with E-state index in [0.717, 1.165) is 5.56 Å². The second-order valence-corrected chi connectivity index (χ2v) is 3.70. The predicted octanol–water partition coefficient (Wildman–Crippen LogP) is 0.878. The summed E-state index contributed by atoms with van der Waals surface area (Å²) in [6.07, 6.45) is 1.29. The van der Waals surface area contributed by atoms with Crippen molar-refractivity contribution >= 4 is 11.6 Å². The summed E-state index contributed by atoms with van der Waals surface area (Å²) >= 11 is 0. The van der Waals surface area contributed by atoms with Gasteiger partial charge in [0, 0.05) is 5.69 Å². The van der Waals surface area contributed by atoms with Crippen LogP contribution in [0, 0.1) is 0 Å². The van der Waals surface area contributed by atoms with Gasteiger partial charge in [-0.15, -0.1) is 0 Å². The fourth-order valence-corrected chi connectivity index (χ4v) is 1.45. The van der Waals surface area contributed by atoms with Gasteiger partial charge < -0.3 is 11.1 Å². The molecule has 0 aliphatic carbocycles. The molecule has 88 valence electrons. The number of aromatic amines is 1. The molecule has 0 aliphatic heterocycles. The molecule has 0 aliphatic rings. The molecular weight excluding hydrogens is 218 g/mol. The Kier molecular flexibility index (Phi) is 3.04. The van der Waals surface area contributed by atoms with Crippen LogP contribution in [0.15, 0.2) is 30.6 Å². The summed E-state index contributed by atoms with van der Waals surface area (Å²) in [6, 6.07) is 7.23. The van der Waals surface area contributed by atoms with Crippen LogP contribution < -0.4 is 11.1 Å². The first-order valence-corrected chi connectivity index (χ1v) is 5.18. The number of nitrogens with zero attached hydrogens (tertiary/aromatic N) is 2. The van der Waals surface area contributed by atoms with Gasteiger partial charge in [-0.05, 0) is 24.6 Å². The third-order valence-corrected chi connectivity index (χ3v) is 2.41. The predicted molar refractivity (Wildman–Crippen MR) is 63.1 cm³/mol. The van der Waals surface area contributed by atoms with Crippen molar-refractivity contribution in [3.05, 3.63) is 42.0 Å². The Labute approximate surface area is 98.3 Å². The highest BCUT2D eigenvalue weighted by Crippen LogP contribution is 2.14. The number of amides is 1. The van der Waals surface area contributed by atoms with Gasteiger partial charge in [0.05, 0.1) is 6.04 Å². The number of rotatable bonds is 3. The highest BCUT2D eigenvalue weighted by Gasteiger charge is 2.13. The molecule has 4 N–H and O–H groups in total. The van der Waals surface area contributed by atoms with E-state index in [1.165, 1.54) is 6.33 Å². The highest BCUT2D eigenvalue weighted by atomic mass is 16.2. The van der Waals surface area contributed by atoms with E-state index in [2.05, 4.69) is 20.5 Å². The summed E-state index contributed by atoms with van der Waals surface area (Å²) in [5.41, 5.74) is 7.27. The zero-order valence-electron chi connectivity index (χ0n) is 9.34. The lowest BCUT2D eigenvalue weighted by Crippen LogP contribution is -2.27. The number of carbonyl (C=O) groups excluding carboxylic acids is 1. The van der Waals surface area contributed by atoms with Gasteiger partial charge in [0.25, 0.3) is 5.91 Å². The van der Waals surface area contributed by atoms with Crippen LogP contribution in [0.4, 0.5) is 5.69 Å². The number of carbonyl (C=O) groups is 1. The number of anilines is 1. The lowest BCUT2D eigenvalue weighted by atomic mass is 10.1. The van der Waals surface area contributed by atoms with Gasteiger partial charge >= 0.3 is 0 Å². The standard InChI is InChI=1S/C11H13N5O/c1-7(8-2-4-9(12)5-3-8)15-11(17)10-13-6-14-16-10/h2-7H,12H2,1H3,(H,15,17)(H,13,14,16). The lowest BCUT2D eigenvalue weighted by Gasteiger charge is -2.13. The van der Waals surface area contributed by atoms with Crippen molar-refractivity contribution in [1.29, 1.82) is 0 Å². The average Bonchev–Trinajstić information content (AvgIpc) is 2.83. The molecule has 1 aromatic heterocycles. The molecule has 0 saturated carbocycles. The fourth-order valence-electron chi connectivity index (χ4n) is 1.45. The first-order chi connectivity index (χ1) is 8.16. The molecule has 0 saturated heterocycles. The first-order valence-electron chi connectivity index (χ1n) is 5.18. The topological polar surface area (TPSA) is 96.7 Å². The third-order valence-electron chi connectivity index (χ3n) is 2.41. The third kappa shape index (κ3) is 2.60. The van der Waals surface area contributed by atoms with Crippen molar-refractivity contribution in [2.45, 2.75) is 13.0 Å². The van der Waals surface area contributed by atoms with E-state index in [1.54, 1.807) is 12.1 Å². The molecule has 17 heavy (non-hydrogen) atoms. The summed E-state index contributed by atoms with van der Waals surface area (Å²) in [4.78, 5) is 15.5. The molecule has 1 unspecified atom stereocenters. The van der Waals surface area contributed by atoms with Crippen molar-refractivity contribution in [3.8, 4) is 0 Å². The summed E-state index contributed by atoms with van der Waals surface area (Å²) in [7, 11) is 0. The second-order valence-electron chi connectivity index (χ2n) is 3.70.